The largest absolute Gasteiger partial charge is 0.317 e. The van der Waals surface area contributed by atoms with Crippen LogP contribution in [0, 0.1) is 0 Å². The lowest BCUT2D eigenvalue weighted by Gasteiger charge is -2.14. The second kappa shape index (κ2) is 6.20. The molecule has 1 aliphatic carbocycles. The van der Waals surface area contributed by atoms with Crippen molar-refractivity contribution in [1.82, 2.24) is 5.32 Å². The number of nitrogens with one attached hydrogen (secondary N) is 1. The SMILES string of the molecule is CNC(C)CCC=C1CCCCC1. The molecule has 0 aromatic heterocycles. The zero-order valence-electron chi connectivity index (χ0n) is 9.10. The minimum Gasteiger partial charge on any atom is -0.317 e. The van der Waals surface area contributed by atoms with E-state index in [1.54, 1.807) is 5.57 Å². The van der Waals surface area contributed by atoms with Crippen LogP contribution in [0.2, 0.25) is 0 Å². The molecule has 0 saturated heterocycles. The topological polar surface area (TPSA) is 12.0 Å². The van der Waals surface area contributed by atoms with Gasteiger partial charge in [0, 0.05) is 6.04 Å². The maximum absolute atomic E-state index is 3.27. The van der Waals surface area contributed by atoms with Gasteiger partial charge >= 0.3 is 0 Å². The average Bonchev–Trinajstić information content (AvgIpc) is 2.19. The maximum Gasteiger partial charge on any atom is 0.00386 e. The zero-order valence-corrected chi connectivity index (χ0v) is 9.10. The Morgan fingerprint density at radius 1 is 1.31 bits per heavy atom. The van der Waals surface area contributed by atoms with Crippen LogP contribution in [-0.2, 0) is 0 Å². The van der Waals surface area contributed by atoms with Crippen molar-refractivity contribution >= 4 is 0 Å². The molecule has 1 saturated carbocycles. The molecular weight excluding hydrogens is 158 g/mol. The highest BCUT2D eigenvalue weighted by molar-refractivity contribution is 5.04. The van der Waals surface area contributed by atoms with Crippen LogP contribution in [0.1, 0.15) is 51.9 Å². The first-order chi connectivity index (χ1) is 6.33. The normalized spacial score (nSPS) is 20.0. The van der Waals surface area contributed by atoms with Crippen molar-refractivity contribution in [2.75, 3.05) is 7.05 Å². The van der Waals surface area contributed by atoms with Crippen molar-refractivity contribution in [2.24, 2.45) is 0 Å². The van der Waals surface area contributed by atoms with Crippen molar-refractivity contribution in [1.29, 1.82) is 0 Å². The number of hydrogen-bond donors (Lipinski definition) is 1. The third-order valence-electron chi connectivity index (χ3n) is 3.02. The summed E-state index contributed by atoms with van der Waals surface area (Å²) in [6.45, 7) is 2.25. The first-order valence-corrected chi connectivity index (χ1v) is 5.68. The summed E-state index contributed by atoms with van der Waals surface area (Å²) < 4.78 is 0. The molecule has 0 spiro atoms. The van der Waals surface area contributed by atoms with Crippen LogP contribution in [0.25, 0.3) is 0 Å². The van der Waals surface area contributed by atoms with E-state index in [1.807, 2.05) is 7.05 Å². The molecule has 0 amide bonds. The molecule has 1 heteroatoms. The lowest BCUT2D eigenvalue weighted by molar-refractivity contribution is 0.561. The van der Waals surface area contributed by atoms with Crippen LogP contribution < -0.4 is 5.32 Å². The summed E-state index contributed by atoms with van der Waals surface area (Å²) in [5.74, 6) is 0. The van der Waals surface area contributed by atoms with E-state index in [-0.39, 0.29) is 0 Å². The van der Waals surface area contributed by atoms with E-state index in [4.69, 9.17) is 0 Å². The van der Waals surface area contributed by atoms with Crippen LogP contribution in [0.4, 0.5) is 0 Å². The van der Waals surface area contributed by atoms with Crippen LogP contribution in [-0.4, -0.2) is 13.1 Å². The molecule has 0 aromatic carbocycles. The Labute approximate surface area is 82.6 Å². The van der Waals surface area contributed by atoms with E-state index < -0.39 is 0 Å². The van der Waals surface area contributed by atoms with Crippen LogP contribution >= 0.6 is 0 Å². The van der Waals surface area contributed by atoms with Gasteiger partial charge in [0.25, 0.3) is 0 Å². The lowest BCUT2D eigenvalue weighted by Crippen LogP contribution is -2.20. The van der Waals surface area contributed by atoms with E-state index in [9.17, 15) is 0 Å². The van der Waals surface area contributed by atoms with Gasteiger partial charge in [-0.05, 0) is 52.5 Å². The van der Waals surface area contributed by atoms with Crippen LogP contribution in [0.5, 0.6) is 0 Å². The monoisotopic (exact) mass is 181 g/mol. The molecular formula is C12H23N. The quantitative estimate of drug-likeness (QED) is 0.656. The summed E-state index contributed by atoms with van der Waals surface area (Å²) in [5.41, 5.74) is 1.72. The molecule has 1 N–H and O–H groups in total. The van der Waals surface area contributed by atoms with Gasteiger partial charge in [0.15, 0.2) is 0 Å². The number of allylic oxidation sites excluding steroid dienone is 2. The highest BCUT2D eigenvalue weighted by atomic mass is 14.8. The summed E-state index contributed by atoms with van der Waals surface area (Å²) in [4.78, 5) is 0. The number of rotatable bonds is 4. The fraction of sp³-hybridized carbons (Fsp3) is 0.833. The first-order valence-electron chi connectivity index (χ1n) is 5.68. The van der Waals surface area contributed by atoms with Crippen molar-refractivity contribution in [3.63, 3.8) is 0 Å². The van der Waals surface area contributed by atoms with Crippen molar-refractivity contribution < 1.29 is 0 Å². The predicted octanol–water partition coefficient (Wildman–Crippen LogP) is 3.27. The Hall–Kier alpha value is -0.300. The standard InChI is InChI=1S/C12H23N/c1-11(13-2)7-6-10-12-8-4-3-5-9-12/h10-11,13H,3-9H2,1-2H3. The second-order valence-corrected chi connectivity index (χ2v) is 4.19. The van der Waals surface area contributed by atoms with Crippen LogP contribution in [0.15, 0.2) is 11.6 Å². The van der Waals surface area contributed by atoms with Gasteiger partial charge in [-0.2, -0.15) is 0 Å². The summed E-state index contributed by atoms with van der Waals surface area (Å²) in [6.07, 6.45) is 12.1. The second-order valence-electron chi connectivity index (χ2n) is 4.19. The molecule has 1 unspecified atom stereocenters. The summed E-state index contributed by atoms with van der Waals surface area (Å²) in [7, 11) is 2.04. The molecule has 1 fully saturated rings. The Balaban J connectivity index is 2.14. The van der Waals surface area contributed by atoms with Crippen molar-refractivity contribution in [3.05, 3.63) is 11.6 Å². The summed E-state index contributed by atoms with van der Waals surface area (Å²) >= 11 is 0. The van der Waals surface area contributed by atoms with Gasteiger partial charge in [0.2, 0.25) is 0 Å². The summed E-state index contributed by atoms with van der Waals surface area (Å²) in [5, 5.41) is 3.27. The van der Waals surface area contributed by atoms with Crippen LogP contribution in [0.3, 0.4) is 0 Å². The van der Waals surface area contributed by atoms with E-state index in [1.165, 1.54) is 44.9 Å². The van der Waals surface area contributed by atoms with E-state index >= 15 is 0 Å². The fourth-order valence-corrected chi connectivity index (χ4v) is 1.89. The van der Waals surface area contributed by atoms with E-state index in [2.05, 4.69) is 18.3 Å². The highest BCUT2D eigenvalue weighted by Gasteiger charge is 2.04. The van der Waals surface area contributed by atoms with E-state index in [0.29, 0.717) is 6.04 Å². The third-order valence-corrected chi connectivity index (χ3v) is 3.02. The predicted molar refractivity (Wildman–Crippen MR) is 58.9 cm³/mol. The van der Waals surface area contributed by atoms with Gasteiger partial charge < -0.3 is 5.32 Å². The highest BCUT2D eigenvalue weighted by Crippen LogP contribution is 2.23. The van der Waals surface area contributed by atoms with Gasteiger partial charge in [-0.3, -0.25) is 0 Å². The summed E-state index contributed by atoms with van der Waals surface area (Å²) in [6, 6.07) is 0.667. The molecule has 1 atom stereocenters. The van der Waals surface area contributed by atoms with Gasteiger partial charge in [0.05, 0.1) is 0 Å². The molecule has 0 bridgehead atoms. The minimum atomic E-state index is 0.667. The Morgan fingerprint density at radius 3 is 2.62 bits per heavy atom. The van der Waals surface area contributed by atoms with Gasteiger partial charge in [-0.25, -0.2) is 0 Å². The van der Waals surface area contributed by atoms with Crippen molar-refractivity contribution in [2.45, 2.75) is 57.9 Å². The van der Waals surface area contributed by atoms with Gasteiger partial charge in [0.1, 0.15) is 0 Å². The van der Waals surface area contributed by atoms with Gasteiger partial charge in [-0.1, -0.05) is 18.1 Å². The average molecular weight is 181 g/mol. The lowest BCUT2D eigenvalue weighted by atomic mass is 9.94. The minimum absolute atomic E-state index is 0.667. The first kappa shape index (κ1) is 10.8. The molecule has 0 aliphatic heterocycles. The van der Waals surface area contributed by atoms with Gasteiger partial charge in [-0.15, -0.1) is 0 Å². The van der Waals surface area contributed by atoms with E-state index in [0.717, 1.165) is 0 Å². The Kier molecular flexibility index (Phi) is 5.14. The molecule has 1 nitrogen and oxygen atoms in total. The Morgan fingerprint density at radius 2 is 2.00 bits per heavy atom. The number of hydrogen-bond acceptors (Lipinski definition) is 1. The third kappa shape index (κ3) is 4.47. The molecule has 1 rings (SSSR count). The molecule has 0 heterocycles. The zero-order chi connectivity index (χ0) is 9.52. The van der Waals surface area contributed by atoms with Crippen molar-refractivity contribution in [3.8, 4) is 0 Å². The Bertz CT molecular complexity index is 153. The molecule has 1 aliphatic rings. The maximum atomic E-state index is 3.27. The fourth-order valence-electron chi connectivity index (χ4n) is 1.89. The molecule has 13 heavy (non-hydrogen) atoms. The molecule has 0 aromatic rings. The molecule has 0 radical (unpaired) electrons. The smallest absolute Gasteiger partial charge is 0.00386 e. The molecule has 76 valence electrons.